The minimum atomic E-state index is -4.57. The van der Waals surface area contributed by atoms with Crippen LogP contribution < -0.4 is 19.7 Å². The van der Waals surface area contributed by atoms with Crippen LogP contribution in [0.25, 0.3) is 22.3 Å². The lowest BCUT2D eigenvalue weighted by Gasteiger charge is -2.11. The predicted octanol–water partition coefficient (Wildman–Crippen LogP) is 6.53. The van der Waals surface area contributed by atoms with Gasteiger partial charge in [-0.05, 0) is 53.6 Å². The molecule has 46 heavy (non-hydrogen) atoms. The lowest BCUT2D eigenvalue weighted by Crippen LogP contribution is -2.22. The van der Waals surface area contributed by atoms with Gasteiger partial charge in [-0.1, -0.05) is 24.3 Å². The Kier molecular flexibility index (Phi) is 10.3. The van der Waals surface area contributed by atoms with Crippen molar-refractivity contribution in [3.8, 4) is 22.3 Å². The molecular weight excluding hydrogens is 686 g/mol. The molecule has 0 heterocycles. The van der Waals surface area contributed by atoms with Gasteiger partial charge in [0, 0.05) is 11.6 Å². The second-order valence-electron chi connectivity index (χ2n) is 9.07. The van der Waals surface area contributed by atoms with Gasteiger partial charge >= 0.3 is 12.4 Å². The first-order chi connectivity index (χ1) is 20.9. The van der Waals surface area contributed by atoms with Gasteiger partial charge in [0.05, 0.1) is 28.1 Å². The number of halogens is 10. The molecule has 0 radical (unpaired) electrons. The molecule has 4 rings (SSSR count). The van der Waals surface area contributed by atoms with Gasteiger partial charge in [-0.3, -0.25) is 9.44 Å². The zero-order valence-corrected chi connectivity index (χ0v) is 23.9. The summed E-state index contributed by atoms with van der Waals surface area (Å²) in [5, 5.41) is 9.34. The van der Waals surface area contributed by atoms with E-state index in [0.29, 0.717) is 36.4 Å². The Morgan fingerprint density at radius 3 is 1.33 bits per heavy atom. The van der Waals surface area contributed by atoms with Gasteiger partial charge in [0.15, 0.2) is 0 Å². The first kappa shape index (κ1) is 36.1. The average molecular weight is 705 g/mol. The molecule has 8 nitrogen and oxygen atoms in total. The third kappa shape index (κ3) is 9.80. The molecule has 0 atom stereocenters. The molecule has 0 bridgehead atoms. The summed E-state index contributed by atoms with van der Waals surface area (Å²) in [6.45, 7) is 0. The van der Waals surface area contributed by atoms with E-state index >= 15 is 0 Å². The van der Waals surface area contributed by atoms with Crippen LogP contribution >= 0.6 is 0 Å². The monoisotopic (exact) mass is 704 g/mol. The van der Waals surface area contributed by atoms with Gasteiger partial charge in [0.2, 0.25) is 0 Å². The number of nitrogens with two attached hydrogens (primary N) is 2. The van der Waals surface area contributed by atoms with E-state index in [-0.39, 0.29) is 16.7 Å². The molecule has 0 fully saturated rings. The number of benzene rings is 4. The maximum absolute atomic E-state index is 14.0. The number of alkyl halides is 6. The Bertz CT molecular complexity index is 1930. The van der Waals surface area contributed by atoms with Gasteiger partial charge in [-0.2, -0.15) is 43.2 Å². The van der Waals surface area contributed by atoms with E-state index in [9.17, 15) is 60.7 Å². The highest BCUT2D eigenvalue weighted by Gasteiger charge is 2.31. The Morgan fingerprint density at radius 2 is 0.935 bits per heavy atom. The molecule has 4 aromatic carbocycles. The lowest BCUT2D eigenvalue weighted by atomic mass is 10.0. The molecule has 0 saturated carbocycles. The minimum absolute atomic E-state index is 0.00319. The van der Waals surface area contributed by atoms with Crippen molar-refractivity contribution in [1.29, 1.82) is 0 Å². The Labute approximate surface area is 254 Å². The zero-order chi connectivity index (χ0) is 34.8. The van der Waals surface area contributed by atoms with Crippen LogP contribution in [0.1, 0.15) is 11.1 Å². The summed E-state index contributed by atoms with van der Waals surface area (Å²) in [6, 6.07) is 9.15. The molecule has 20 heteroatoms. The number of hydrogen-bond donors (Lipinski definition) is 4. The summed E-state index contributed by atoms with van der Waals surface area (Å²) in [5.74, 6) is -4.47. The number of rotatable bonds is 6. The standard InChI is InChI=1S/2C13H9F5N2O2S/c14-10-6-12(20-23(19,21)22)11(15)5-9(10)7-1-3-8(4-2-7)13(16,17)18;14-10-5-9(20-23(19,21)22)6-11(15)12(10)7-1-3-8(4-2-7)13(16,17)18/h2*1-6,20H,(H2,19,21,22). The molecule has 248 valence electrons. The van der Waals surface area contributed by atoms with Gasteiger partial charge in [0.1, 0.15) is 23.3 Å². The number of nitrogens with one attached hydrogen (secondary N) is 2. The van der Waals surface area contributed by atoms with Crippen LogP contribution in [0.15, 0.2) is 72.8 Å². The maximum Gasteiger partial charge on any atom is 0.416 e. The first-order valence-corrected chi connectivity index (χ1v) is 15.0. The normalized spacial score (nSPS) is 12.3. The maximum atomic E-state index is 14.0. The van der Waals surface area contributed by atoms with Crippen LogP contribution in [0.3, 0.4) is 0 Å². The van der Waals surface area contributed by atoms with Crippen LogP contribution in [-0.4, -0.2) is 16.8 Å². The SMILES string of the molecule is NS(=O)(=O)Nc1cc(F)c(-c2ccc(C(F)(F)F)cc2)c(F)c1.NS(=O)(=O)Nc1cc(F)c(-c2ccc(C(F)(F)F)cc2)cc1F. The Balaban J connectivity index is 0.000000250. The van der Waals surface area contributed by atoms with Crippen LogP contribution in [0.2, 0.25) is 0 Å². The summed E-state index contributed by atoms with van der Waals surface area (Å²) >= 11 is 0. The molecule has 0 aliphatic rings. The van der Waals surface area contributed by atoms with Gasteiger partial charge < -0.3 is 0 Å². The van der Waals surface area contributed by atoms with Crippen molar-refractivity contribution in [2.75, 3.05) is 9.44 Å². The average Bonchev–Trinajstić information content (AvgIpc) is 2.88. The van der Waals surface area contributed by atoms with Crippen molar-refractivity contribution < 1.29 is 60.7 Å². The van der Waals surface area contributed by atoms with Gasteiger partial charge in [0.25, 0.3) is 20.4 Å². The van der Waals surface area contributed by atoms with E-state index in [1.807, 2.05) is 0 Å². The second kappa shape index (κ2) is 13.1. The first-order valence-electron chi connectivity index (χ1n) is 11.9. The molecule has 0 aromatic heterocycles. The molecule has 0 amide bonds. The van der Waals surface area contributed by atoms with Crippen LogP contribution in [-0.2, 0) is 32.8 Å². The molecule has 0 saturated heterocycles. The topological polar surface area (TPSA) is 144 Å². The van der Waals surface area contributed by atoms with E-state index in [4.69, 9.17) is 0 Å². The fraction of sp³-hybridized carbons (Fsp3) is 0.0769. The molecular formula is C26H18F10N4O4S2. The van der Waals surface area contributed by atoms with E-state index in [0.717, 1.165) is 36.4 Å². The lowest BCUT2D eigenvalue weighted by molar-refractivity contribution is -0.138. The summed E-state index contributed by atoms with van der Waals surface area (Å²) in [4.78, 5) is 0. The molecule has 6 N–H and O–H groups in total. The van der Waals surface area contributed by atoms with Crippen molar-refractivity contribution in [2.24, 2.45) is 10.3 Å². The summed E-state index contributed by atoms with van der Waals surface area (Å²) in [6.07, 6.45) is -9.12. The number of anilines is 2. The molecule has 0 aliphatic carbocycles. The van der Waals surface area contributed by atoms with E-state index in [2.05, 4.69) is 10.3 Å². The highest BCUT2D eigenvalue weighted by atomic mass is 32.2. The minimum Gasteiger partial charge on any atom is -0.271 e. The Hall–Kier alpha value is -4.40. The Morgan fingerprint density at radius 1 is 0.522 bits per heavy atom. The van der Waals surface area contributed by atoms with Crippen molar-refractivity contribution in [3.63, 3.8) is 0 Å². The third-order valence-corrected chi connectivity index (χ3v) is 6.66. The van der Waals surface area contributed by atoms with E-state index in [1.54, 1.807) is 9.44 Å². The summed E-state index contributed by atoms with van der Waals surface area (Å²) in [7, 11) is -8.52. The second-order valence-corrected chi connectivity index (χ2v) is 11.7. The predicted molar refractivity (Wildman–Crippen MR) is 147 cm³/mol. The molecule has 0 spiro atoms. The van der Waals surface area contributed by atoms with Gasteiger partial charge in [-0.25, -0.2) is 27.8 Å². The fourth-order valence-electron chi connectivity index (χ4n) is 3.74. The van der Waals surface area contributed by atoms with Crippen LogP contribution in [0.5, 0.6) is 0 Å². The zero-order valence-electron chi connectivity index (χ0n) is 22.3. The molecule has 0 aliphatic heterocycles. The van der Waals surface area contributed by atoms with Crippen LogP contribution in [0, 0.1) is 23.3 Å². The van der Waals surface area contributed by atoms with Crippen molar-refractivity contribution in [1.82, 2.24) is 0 Å². The molecule has 4 aromatic rings. The highest BCUT2D eigenvalue weighted by molar-refractivity contribution is 7.90. The van der Waals surface area contributed by atoms with E-state index in [1.165, 1.54) is 0 Å². The summed E-state index contributed by atoms with van der Waals surface area (Å²) in [5.41, 5.74) is -4.09. The number of hydrogen-bond acceptors (Lipinski definition) is 4. The summed E-state index contributed by atoms with van der Waals surface area (Å²) < 4.78 is 177. The largest absolute Gasteiger partial charge is 0.416 e. The van der Waals surface area contributed by atoms with Crippen molar-refractivity contribution in [3.05, 3.63) is 107 Å². The smallest absolute Gasteiger partial charge is 0.271 e. The van der Waals surface area contributed by atoms with Crippen molar-refractivity contribution >= 4 is 31.8 Å². The molecule has 0 unspecified atom stereocenters. The fourth-order valence-corrected chi connectivity index (χ4v) is 4.65. The quantitative estimate of drug-likeness (QED) is 0.169. The van der Waals surface area contributed by atoms with Crippen molar-refractivity contribution in [2.45, 2.75) is 12.4 Å². The highest BCUT2D eigenvalue weighted by Crippen LogP contribution is 2.35. The van der Waals surface area contributed by atoms with Gasteiger partial charge in [-0.15, -0.1) is 0 Å². The van der Waals surface area contributed by atoms with E-state index < -0.39 is 84.1 Å². The van der Waals surface area contributed by atoms with Crippen LogP contribution in [0.4, 0.5) is 55.3 Å². The third-order valence-electron chi connectivity index (χ3n) is 5.64.